The Labute approximate surface area is 189 Å². The van der Waals surface area contributed by atoms with Gasteiger partial charge in [0.05, 0.1) is 17.8 Å². The molecule has 0 fully saturated rings. The van der Waals surface area contributed by atoms with E-state index in [4.69, 9.17) is 4.74 Å². The Balaban J connectivity index is 1.38. The van der Waals surface area contributed by atoms with Crippen LogP contribution in [0.2, 0.25) is 0 Å². The van der Waals surface area contributed by atoms with Gasteiger partial charge in [-0.05, 0) is 36.4 Å². The molecule has 0 atom stereocenters. The van der Waals surface area contributed by atoms with Crippen LogP contribution in [-0.4, -0.2) is 33.2 Å². The molecule has 0 radical (unpaired) electrons. The second kappa shape index (κ2) is 10.2. The molecular formula is C24H20FN5O3. The highest BCUT2D eigenvalue weighted by Crippen LogP contribution is 2.19. The fourth-order valence-corrected chi connectivity index (χ4v) is 3.11. The van der Waals surface area contributed by atoms with Crippen molar-refractivity contribution in [3.63, 3.8) is 0 Å². The second-order valence-corrected chi connectivity index (χ2v) is 6.95. The Morgan fingerprint density at radius 3 is 2.48 bits per heavy atom. The highest BCUT2D eigenvalue weighted by molar-refractivity contribution is 5.97. The van der Waals surface area contributed by atoms with E-state index in [0.29, 0.717) is 5.82 Å². The molecule has 0 spiro atoms. The minimum Gasteiger partial charge on any atom is -0.483 e. The molecule has 2 amide bonds. The summed E-state index contributed by atoms with van der Waals surface area (Å²) in [7, 11) is 0. The third-order valence-corrected chi connectivity index (χ3v) is 4.70. The van der Waals surface area contributed by atoms with Gasteiger partial charge in [0, 0.05) is 5.69 Å². The van der Waals surface area contributed by atoms with Crippen LogP contribution in [0, 0.1) is 5.82 Å². The van der Waals surface area contributed by atoms with Gasteiger partial charge in [0.2, 0.25) is 0 Å². The summed E-state index contributed by atoms with van der Waals surface area (Å²) in [6.07, 6.45) is 1.57. The van der Waals surface area contributed by atoms with Gasteiger partial charge in [-0.3, -0.25) is 14.2 Å². The molecule has 3 aromatic carbocycles. The number of hydrogen-bond donors (Lipinski definition) is 2. The molecule has 0 unspecified atom stereocenters. The van der Waals surface area contributed by atoms with Crippen molar-refractivity contribution in [2.24, 2.45) is 0 Å². The number of benzene rings is 3. The summed E-state index contributed by atoms with van der Waals surface area (Å²) in [6.45, 7) is -0.253. The van der Waals surface area contributed by atoms with Crippen LogP contribution in [0.15, 0.2) is 85.2 Å². The maximum atomic E-state index is 13.7. The molecule has 1 heterocycles. The number of halogens is 1. The number of ether oxygens (including phenoxy) is 1. The van der Waals surface area contributed by atoms with Crippen LogP contribution in [0.1, 0.15) is 16.2 Å². The van der Waals surface area contributed by atoms with E-state index < -0.39 is 17.6 Å². The summed E-state index contributed by atoms with van der Waals surface area (Å²) < 4.78 is 21.0. The van der Waals surface area contributed by atoms with Gasteiger partial charge in [-0.15, -0.1) is 10.2 Å². The highest BCUT2D eigenvalue weighted by Gasteiger charge is 2.15. The third kappa shape index (κ3) is 5.40. The maximum Gasteiger partial charge on any atom is 0.262 e. The molecule has 0 saturated heterocycles. The minimum absolute atomic E-state index is 0.0552. The normalized spacial score (nSPS) is 10.5. The summed E-state index contributed by atoms with van der Waals surface area (Å²) in [5.41, 5.74) is 1.18. The van der Waals surface area contributed by atoms with Crippen molar-refractivity contribution in [2.75, 3.05) is 11.9 Å². The quantitative estimate of drug-likeness (QED) is 0.433. The van der Waals surface area contributed by atoms with E-state index in [-0.39, 0.29) is 30.2 Å². The first-order valence-electron chi connectivity index (χ1n) is 10.1. The van der Waals surface area contributed by atoms with Crippen LogP contribution in [-0.2, 0) is 11.3 Å². The third-order valence-electron chi connectivity index (χ3n) is 4.70. The Bertz CT molecular complexity index is 1260. The van der Waals surface area contributed by atoms with Crippen molar-refractivity contribution < 1.29 is 18.7 Å². The number of rotatable bonds is 8. The molecular weight excluding hydrogens is 425 g/mol. The molecule has 8 nitrogen and oxygen atoms in total. The molecule has 33 heavy (non-hydrogen) atoms. The number of nitrogens with one attached hydrogen (secondary N) is 2. The van der Waals surface area contributed by atoms with Gasteiger partial charge in [0.25, 0.3) is 11.8 Å². The van der Waals surface area contributed by atoms with E-state index in [9.17, 15) is 14.0 Å². The van der Waals surface area contributed by atoms with Crippen LogP contribution < -0.4 is 15.4 Å². The molecule has 0 bridgehead atoms. The molecule has 0 aliphatic carbocycles. The zero-order valence-electron chi connectivity index (χ0n) is 17.4. The topological polar surface area (TPSA) is 98.1 Å². The van der Waals surface area contributed by atoms with E-state index in [0.717, 1.165) is 5.69 Å². The van der Waals surface area contributed by atoms with Crippen LogP contribution in [0.4, 0.5) is 10.1 Å². The first-order valence-corrected chi connectivity index (χ1v) is 10.1. The lowest BCUT2D eigenvalue weighted by Gasteiger charge is -2.12. The van der Waals surface area contributed by atoms with E-state index in [1.54, 1.807) is 41.2 Å². The number of para-hydroxylation sites is 3. The number of aromatic nitrogens is 3. The van der Waals surface area contributed by atoms with Crippen LogP contribution >= 0.6 is 0 Å². The van der Waals surface area contributed by atoms with Crippen molar-refractivity contribution in [3.05, 3.63) is 102 Å². The van der Waals surface area contributed by atoms with E-state index in [1.807, 2.05) is 30.3 Å². The Morgan fingerprint density at radius 2 is 1.67 bits per heavy atom. The van der Waals surface area contributed by atoms with Gasteiger partial charge in [-0.25, -0.2) is 4.39 Å². The lowest BCUT2D eigenvalue weighted by Crippen LogP contribution is -2.26. The van der Waals surface area contributed by atoms with Gasteiger partial charge in [0.1, 0.15) is 17.9 Å². The monoisotopic (exact) mass is 445 g/mol. The minimum atomic E-state index is -0.550. The van der Waals surface area contributed by atoms with E-state index in [1.165, 1.54) is 18.2 Å². The van der Waals surface area contributed by atoms with Crippen molar-refractivity contribution >= 4 is 17.5 Å². The number of anilines is 1. The average molecular weight is 445 g/mol. The van der Waals surface area contributed by atoms with Crippen molar-refractivity contribution in [2.45, 2.75) is 6.54 Å². The molecule has 0 saturated carbocycles. The molecule has 9 heteroatoms. The highest BCUT2D eigenvalue weighted by atomic mass is 19.1. The molecule has 0 aliphatic rings. The first kappa shape index (κ1) is 21.7. The maximum absolute atomic E-state index is 13.7. The largest absolute Gasteiger partial charge is 0.483 e. The summed E-state index contributed by atoms with van der Waals surface area (Å²) in [5.74, 6) is -0.719. The summed E-state index contributed by atoms with van der Waals surface area (Å²) in [6, 6.07) is 21.9. The van der Waals surface area contributed by atoms with Crippen LogP contribution in [0.25, 0.3) is 5.69 Å². The summed E-state index contributed by atoms with van der Waals surface area (Å²) in [5, 5.41) is 13.2. The first-order chi connectivity index (χ1) is 16.1. The van der Waals surface area contributed by atoms with Crippen molar-refractivity contribution in [1.29, 1.82) is 0 Å². The zero-order chi connectivity index (χ0) is 23.0. The Hall–Kier alpha value is -4.53. The predicted molar refractivity (Wildman–Crippen MR) is 119 cm³/mol. The Morgan fingerprint density at radius 1 is 0.939 bits per heavy atom. The number of nitrogens with zero attached hydrogens (tertiary/aromatic N) is 3. The average Bonchev–Trinajstić information content (AvgIpc) is 3.32. The summed E-state index contributed by atoms with van der Waals surface area (Å²) in [4.78, 5) is 24.9. The molecule has 2 N–H and O–H groups in total. The fourth-order valence-electron chi connectivity index (χ4n) is 3.11. The fraction of sp³-hybridized carbons (Fsp3) is 0.0833. The Kier molecular flexibility index (Phi) is 6.70. The van der Waals surface area contributed by atoms with Gasteiger partial charge < -0.3 is 15.4 Å². The van der Waals surface area contributed by atoms with Gasteiger partial charge in [0.15, 0.2) is 12.4 Å². The van der Waals surface area contributed by atoms with Gasteiger partial charge >= 0.3 is 0 Å². The smallest absolute Gasteiger partial charge is 0.262 e. The second-order valence-electron chi connectivity index (χ2n) is 6.95. The lowest BCUT2D eigenvalue weighted by molar-refractivity contribution is -0.118. The van der Waals surface area contributed by atoms with Gasteiger partial charge in [-0.1, -0.05) is 42.5 Å². The number of amides is 2. The molecule has 0 aliphatic heterocycles. The van der Waals surface area contributed by atoms with Crippen LogP contribution in [0.5, 0.6) is 5.75 Å². The number of carbonyl (C=O) groups is 2. The number of hydrogen-bond acceptors (Lipinski definition) is 5. The van der Waals surface area contributed by atoms with Crippen molar-refractivity contribution in [3.8, 4) is 11.4 Å². The molecule has 4 rings (SSSR count). The summed E-state index contributed by atoms with van der Waals surface area (Å²) >= 11 is 0. The number of carbonyl (C=O) groups excluding carboxylic acids is 2. The molecule has 166 valence electrons. The lowest BCUT2D eigenvalue weighted by atomic mass is 10.2. The van der Waals surface area contributed by atoms with Crippen LogP contribution in [0.3, 0.4) is 0 Å². The van der Waals surface area contributed by atoms with E-state index >= 15 is 0 Å². The van der Waals surface area contributed by atoms with E-state index in [2.05, 4.69) is 20.8 Å². The molecule has 1 aromatic heterocycles. The zero-order valence-corrected chi connectivity index (χ0v) is 17.4. The van der Waals surface area contributed by atoms with Gasteiger partial charge in [-0.2, -0.15) is 0 Å². The molecule has 4 aromatic rings. The predicted octanol–water partition coefficient (Wildman–Crippen LogP) is 3.35. The standard InChI is InChI=1S/C24H20FN5O3/c25-19-11-5-6-12-20(19)28-23(31)15-33-21-13-7-4-10-18(21)24(32)26-14-22-29-27-16-30(22)17-8-2-1-3-9-17/h1-13,16H,14-15H2,(H,26,32)(H,28,31). The van der Waals surface area contributed by atoms with Crippen molar-refractivity contribution in [1.82, 2.24) is 20.1 Å². The SMILES string of the molecule is O=C(COc1ccccc1C(=O)NCc1nncn1-c1ccccc1)Nc1ccccc1F.